The van der Waals surface area contributed by atoms with E-state index < -0.39 is 30.7 Å². The summed E-state index contributed by atoms with van der Waals surface area (Å²) in [7, 11) is 4.76. The standard InChI is InChI=1S/C22H35N3O8/c1-26-20-19(32-14-13-30-12-11-29-10-9-24-25-23)18(33-22(28-3)21(20)27-2)16-31-15-17-7-5-4-6-8-17/h4-8,18-22H,9-16H2,1-3H3/t18-,19-,20+,21-,22+/m1/s1. The van der Waals surface area contributed by atoms with Gasteiger partial charge in [0.25, 0.3) is 0 Å². The molecule has 0 unspecified atom stereocenters. The molecule has 1 aliphatic rings. The molecule has 0 bridgehead atoms. The molecule has 1 aliphatic heterocycles. The quantitative estimate of drug-likeness (QED) is 0.147. The molecular weight excluding hydrogens is 434 g/mol. The van der Waals surface area contributed by atoms with Gasteiger partial charge in [-0.2, -0.15) is 0 Å². The van der Waals surface area contributed by atoms with Crippen LogP contribution in [0.1, 0.15) is 5.56 Å². The van der Waals surface area contributed by atoms with Gasteiger partial charge in [-0.05, 0) is 11.1 Å². The van der Waals surface area contributed by atoms with E-state index in [0.717, 1.165) is 5.56 Å². The Labute approximate surface area is 194 Å². The molecule has 11 nitrogen and oxygen atoms in total. The van der Waals surface area contributed by atoms with Crippen LogP contribution in [-0.2, 0) is 44.5 Å². The van der Waals surface area contributed by atoms with Crippen LogP contribution in [0, 0.1) is 0 Å². The molecule has 1 saturated heterocycles. The fourth-order valence-electron chi connectivity index (χ4n) is 3.50. The molecule has 0 N–H and O–H groups in total. The van der Waals surface area contributed by atoms with Gasteiger partial charge < -0.3 is 37.9 Å². The zero-order valence-corrected chi connectivity index (χ0v) is 19.5. The second-order valence-corrected chi connectivity index (χ2v) is 7.19. The summed E-state index contributed by atoms with van der Waals surface area (Å²) in [6.07, 6.45) is -2.34. The normalized spacial score (nSPS) is 25.0. The largest absolute Gasteiger partial charge is 0.379 e. The Bertz CT molecular complexity index is 677. The molecular formula is C22H35N3O8. The predicted octanol–water partition coefficient (Wildman–Crippen LogP) is 2.33. The molecule has 0 aliphatic carbocycles. The van der Waals surface area contributed by atoms with E-state index in [-0.39, 0.29) is 0 Å². The summed E-state index contributed by atoms with van der Waals surface area (Å²) >= 11 is 0. The average Bonchev–Trinajstić information content (AvgIpc) is 2.85. The number of ether oxygens (including phenoxy) is 8. The Balaban J connectivity index is 1.83. The van der Waals surface area contributed by atoms with Gasteiger partial charge in [0.1, 0.15) is 24.4 Å². The van der Waals surface area contributed by atoms with E-state index in [0.29, 0.717) is 52.8 Å². The lowest BCUT2D eigenvalue weighted by Gasteiger charge is -2.44. The maximum atomic E-state index is 8.21. The molecule has 0 spiro atoms. The molecule has 0 radical (unpaired) electrons. The van der Waals surface area contributed by atoms with E-state index >= 15 is 0 Å². The summed E-state index contributed by atoms with van der Waals surface area (Å²) in [6.45, 7) is 2.94. The highest BCUT2D eigenvalue weighted by Crippen LogP contribution is 2.28. The second-order valence-electron chi connectivity index (χ2n) is 7.19. The van der Waals surface area contributed by atoms with E-state index in [1.807, 2.05) is 30.3 Å². The van der Waals surface area contributed by atoms with Crippen molar-refractivity contribution < 1.29 is 37.9 Å². The number of nitrogens with zero attached hydrogens (tertiary/aromatic N) is 3. The first-order valence-corrected chi connectivity index (χ1v) is 10.9. The summed E-state index contributed by atoms with van der Waals surface area (Å²) in [5.74, 6) is 0. The van der Waals surface area contributed by atoms with E-state index in [4.69, 9.17) is 43.4 Å². The lowest BCUT2D eigenvalue weighted by atomic mass is 9.98. The lowest BCUT2D eigenvalue weighted by Crippen LogP contribution is -2.61. The molecule has 5 atom stereocenters. The highest BCUT2D eigenvalue weighted by atomic mass is 16.7. The van der Waals surface area contributed by atoms with Crippen LogP contribution in [0.5, 0.6) is 0 Å². The van der Waals surface area contributed by atoms with Crippen LogP contribution >= 0.6 is 0 Å². The van der Waals surface area contributed by atoms with Gasteiger partial charge in [-0.15, -0.1) is 0 Å². The van der Waals surface area contributed by atoms with Gasteiger partial charge in [0.15, 0.2) is 6.29 Å². The number of hydrogen-bond donors (Lipinski definition) is 0. The zero-order chi connectivity index (χ0) is 23.7. The SMILES string of the molecule is CO[C@H]1O[C@H](COCc2ccccc2)[C@@H](OCCOCCOCCN=[N+]=[N-])[C@H](OC)[C@H]1OC. The molecule has 1 aromatic carbocycles. The van der Waals surface area contributed by atoms with Crippen molar-refractivity contribution in [2.24, 2.45) is 5.11 Å². The van der Waals surface area contributed by atoms with Crippen molar-refractivity contribution in [2.45, 2.75) is 37.3 Å². The second kappa shape index (κ2) is 16.8. The maximum absolute atomic E-state index is 8.21. The third-order valence-corrected chi connectivity index (χ3v) is 5.07. The number of hydrogen-bond acceptors (Lipinski definition) is 9. The molecule has 1 aromatic rings. The van der Waals surface area contributed by atoms with Crippen molar-refractivity contribution >= 4 is 0 Å². The van der Waals surface area contributed by atoms with Crippen LogP contribution in [0.2, 0.25) is 0 Å². The van der Waals surface area contributed by atoms with E-state index in [9.17, 15) is 0 Å². The van der Waals surface area contributed by atoms with Gasteiger partial charge in [-0.3, -0.25) is 0 Å². The highest BCUT2D eigenvalue weighted by Gasteiger charge is 2.47. The predicted molar refractivity (Wildman–Crippen MR) is 119 cm³/mol. The van der Waals surface area contributed by atoms with E-state index in [2.05, 4.69) is 10.0 Å². The molecule has 1 fully saturated rings. The fraction of sp³-hybridized carbons (Fsp3) is 0.727. The van der Waals surface area contributed by atoms with Crippen molar-refractivity contribution in [3.05, 3.63) is 46.3 Å². The van der Waals surface area contributed by atoms with Crippen LogP contribution in [-0.4, -0.2) is 98.2 Å². The molecule has 2 rings (SSSR count). The summed E-state index contributed by atoms with van der Waals surface area (Å²) in [4.78, 5) is 2.66. The Hall–Kier alpha value is -1.79. The third-order valence-electron chi connectivity index (χ3n) is 5.07. The van der Waals surface area contributed by atoms with E-state index in [1.165, 1.54) is 0 Å². The molecule has 1 heterocycles. The van der Waals surface area contributed by atoms with Crippen molar-refractivity contribution in [3.63, 3.8) is 0 Å². The van der Waals surface area contributed by atoms with Gasteiger partial charge in [-0.1, -0.05) is 35.4 Å². The first-order valence-electron chi connectivity index (χ1n) is 10.9. The van der Waals surface area contributed by atoms with Crippen molar-refractivity contribution in [1.29, 1.82) is 0 Å². The molecule has 0 saturated carbocycles. The third kappa shape index (κ3) is 9.54. The fourth-order valence-corrected chi connectivity index (χ4v) is 3.50. The average molecular weight is 470 g/mol. The summed E-state index contributed by atoms with van der Waals surface area (Å²) in [5.41, 5.74) is 9.28. The lowest BCUT2D eigenvalue weighted by molar-refractivity contribution is -0.312. The number of rotatable bonds is 17. The Morgan fingerprint density at radius 1 is 0.848 bits per heavy atom. The van der Waals surface area contributed by atoms with Crippen molar-refractivity contribution in [1.82, 2.24) is 0 Å². The number of benzene rings is 1. The summed E-state index contributed by atoms with van der Waals surface area (Å²) in [5, 5.41) is 3.40. The first kappa shape index (κ1) is 27.5. The molecule has 0 amide bonds. The van der Waals surface area contributed by atoms with Crippen LogP contribution < -0.4 is 0 Å². The first-order chi connectivity index (χ1) is 16.2. The summed E-state index contributed by atoms with van der Waals surface area (Å²) < 4.78 is 45.7. The van der Waals surface area contributed by atoms with Gasteiger partial charge in [0, 0.05) is 32.8 Å². The van der Waals surface area contributed by atoms with Gasteiger partial charge in [-0.25, -0.2) is 0 Å². The minimum Gasteiger partial charge on any atom is -0.379 e. The topological polar surface area (TPSA) is 123 Å². The number of azide groups is 1. The van der Waals surface area contributed by atoms with E-state index in [1.54, 1.807) is 21.3 Å². The number of methoxy groups -OCH3 is 3. The van der Waals surface area contributed by atoms with Crippen LogP contribution in [0.4, 0.5) is 0 Å². The smallest absolute Gasteiger partial charge is 0.186 e. The Morgan fingerprint density at radius 2 is 1.55 bits per heavy atom. The van der Waals surface area contributed by atoms with Crippen LogP contribution in [0.3, 0.4) is 0 Å². The van der Waals surface area contributed by atoms with Crippen LogP contribution in [0.15, 0.2) is 35.4 Å². The Morgan fingerprint density at radius 3 is 2.21 bits per heavy atom. The minimum atomic E-state index is -0.608. The monoisotopic (exact) mass is 469 g/mol. The summed E-state index contributed by atoms with van der Waals surface area (Å²) in [6, 6.07) is 9.91. The molecule has 0 aromatic heterocycles. The minimum absolute atomic E-state index is 0.301. The van der Waals surface area contributed by atoms with Gasteiger partial charge in [0.05, 0.1) is 46.2 Å². The van der Waals surface area contributed by atoms with Crippen molar-refractivity contribution in [3.8, 4) is 0 Å². The molecule has 33 heavy (non-hydrogen) atoms. The molecule has 11 heteroatoms. The zero-order valence-electron chi connectivity index (χ0n) is 19.5. The van der Waals surface area contributed by atoms with Crippen LogP contribution in [0.25, 0.3) is 10.4 Å². The molecule has 186 valence electrons. The maximum Gasteiger partial charge on any atom is 0.186 e. The van der Waals surface area contributed by atoms with Crippen molar-refractivity contribution in [2.75, 3.05) is 67.5 Å². The van der Waals surface area contributed by atoms with Gasteiger partial charge >= 0.3 is 0 Å². The van der Waals surface area contributed by atoms with Gasteiger partial charge in [0.2, 0.25) is 0 Å². The highest BCUT2D eigenvalue weighted by molar-refractivity contribution is 5.13. The Kier molecular flexibility index (Phi) is 13.9.